The van der Waals surface area contributed by atoms with Gasteiger partial charge in [0.25, 0.3) is 10.1 Å². The summed E-state index contributed by atoms with van der Waals surface area (Å²) in [5.74, 6) is -2.20. The van der Waals surface area contributed by atoms with E-state index in [-0.39, 0.29) is 19.8 Å². The van der Waals surface area contributed by atoms with Crippen LogP contribution in [-0.4, -0.2) is 30.9 Å². The van der Waals surface area contributed by atoms with Crippen LogP contribution in [0, 0.1) is 5.92 Å². The number of carbonyl (C=O) groups excluding carboxylic acids is 1. The van der Waals surface area contributed by atoms with Gasteiger partial charge >= 0.3 is 5.97 Å². The van der Waals surface area contributed by atoms with E-state index in [4.69, 9.17) is 15.2 Å². The third-order valence-corrected chi connectivity index (χ3v) is 4.69. The molecule has 0 aromatic heterocycles. The smallest absolute Gasteiger partial charge is 0.314 e. The van der Waals surface area contributed by atoms with Gasteiger partial charge in [-0.05, 0) is 11.1 Å². The molecule has 0 spiro atoms. The fourth-order valence-corrected chi connectivity index (χ4v) is 2.82. The molecule has 0 saturated heterocycles. The molecule has 2 aromatic carbocycles. The molecule has 3 N–H and O–H groups in total. The first-order valence-corrected chi connectivity index (χ1v) is 9.42. The van der Waals surface area contributed by atoms with Crippen LogP contribution in [0.15, 0.2) is 60.7 Å². The molecule has 8 heteroatoms. The molecule has 7 nitrogen and oxygen atoms in total. The van der Waals surface area contributed by atoms with Crippen molar-refractivity contribution in [1.29, 1.82) is 0 Å². The molecular weight excluding hydrogens is 358 g/mol. The zero-order valence-corrected chi connectivity index (χ0v) is 14.8. The molecule has 2 aromatic rings. The molecule has 0 aliphatic rings. The van der Waals surface area contributed by atoms with Crippen LogP contribution in [0.25, 0.3) is 0 Å². The number of rotatable bonds is 9. The van der Waals surface area contributed by atoms with Crippen molar-refractivity contribution in [3.05, 3.63) is 71.8 Å². The van der Waals surface area contributed by atoms with Crippen molar-refractivity contribution in [2.75, 3.05) is 6.61 Å². The second-order valence-electron chi connectivity index (χ2n) is 5.68. The van der Waals surface area contributed by atoms with Gasteiger partial charge in [0, 0.05) is 0 Å². The van der Waals surface area contributed by atoms with Gasteiger partial charge in [-0.1, -0.05) is 60.7 Å². The van der Waals surface area contributed by atoms with Gasteiger partial charge in [-0.3, -0.25) is 9.35 Å². The van der Waals surface area contributed by atoms with Crippen molar-refractivity contribution in [1.82, 2.24) is 0 Å². The maximum atomic E-state index is 12.3. The maximum absolute atomic E-state index is 12.3. The molecule has 0 amide bonds. The number of carbonyl (C=O) groups is 1. The molecule has 2 atom stereocenters. The third kappa shape index (κ3) is 6.23. The van der Waals surface area contributed by atoms with Crippen LogP contribution >= 0.6 is 0 Å². The molecule has 0 aliphatic carbocycles. The number of esters is 1. The highest BCUT2D eigenvalue weighted by Crippen LogP contribution is 2.14. The quantitative estimate of drug-likeness (QED) is 0.503. The highest BCUT2D eigenvalue weighted by molar-refractivity contribution is 7.86. The van der Waals surface area contributed by atoms with E-state index in [1.165, 1.54) is 0 Å². The SMILES string of the molecule is NC(C(COCc1ccccc1)C(=O)OCc1ccccc1)S(=O)(=O)O. The lowest BCUT2D eigenvalue weighted by Gasteiger charge is -2.20. The Morgan fingerprint density at radius 3 is 1.96 bits per heavy atom. The summed E-state index contributed by atoms with van der Waals surface area (Å²) in [4.78, 5) is 12.3. The van der Waals surface area contributed by atoms with E-state index in [2.05, 4.69) is 0 Å². The van der Waals surface area contributed by atoms with Gasteiger partial charge in [0.15, 0.2) is 0 Å². The van der Waals surface area contributed by atoms with Gasteiger partial charge in [-0.2, -0.15) is 8.42 Å². The molecule has 2 rings (SSSR count). The standard InChI is InChI=1S/C18H21NO6S/c19-17(26(21,22)23)16(13-24-11-14-7-3-1-4-8-14)18(20)25-12-15-9-5-2-6-10-15/h1-10,16-17H,11-13,19H2,(H,21,22,23). The Kier molecular flexibility index (Phi) is 7.28. The molecule has 2 unspecified atom stereocenters. The van der Waals surface area contributed by atoms with Crippen molar-refractivity contribution in [2.45, 2.75) is 18.6 Å². The fourth-order valence-electron chi connectivity index (χ4n) is 2.22. The van der Waals surface area contributed by atoms with Crippen LogP contribution < -0.4 is 5.73 Å². The first-order chi connectivity index (χ1) is 12.4. The molecule has 140 valence electrons. The van der Waals surface area contributed by atoms with E-state index in [1.807, 2.05) is 36.4 Å². The minimum atomic E-state index is -4.63. The first-order valence-electron chi connectivity index (χ1n) is 7.92. The van der Waals surface area contributed by atoms with Crippen molar-refractivity contribution in [2.24, 2.45) is 11.7 Å². The van der Waals surface area contributed by atoms with Gasteiger partial charge in [-0.15, -0.1) is 0 Å². The van der Waals surface area contributed by atoms with Crippen LogP contribution in [0.4, 0.5) is 0 Å². The first kappa shape index (κ1) is 20.1. The van der Waals surface area contributed by atoms with Crippen molar-refractivity contribution in [3.8, 4) is 0 Å². The zero-order valence-electron chi connectivity index (χ0n) is 14.0. The molecule has 0 radical (unpaired) electrons. The Morgan fingerprint density at radius 2 is 1.46 bits per heavy atom. The van der Waals surface area contributed by atoms with Crippen molar-refractivity contribution in [3.63, 3.8) is 0 Å². The third-order valence-electron chi connectivity index (χ3n) is 3.68. The van der Waals surface area contributed by atoms with Gasteiger partial charge in [-0.25, -0.2) is 0 Å². The lowest BCUT2D eigenvalue weighted by atomic mass is 10.1. The number of ether oxygens (including phenoxy) is 2. The predicted octanol–water partition coefficient (Wildman–Crippen LogP) is 1.74. The van der Waals surface area contributed by atoms with Crippen LogP contribution in [0.3, 0.4) is 0 Å². The largest absolute Gasteiger partial charge is 0.460 e. The second-order valence-corrected chi connectivity index (χ2v) is 7.25. The molecule has 0 heterocycles. The lowest BCUT2D eigenvalue weighted by Crippen LogP contribution is -2.44. The Morgan fingerprint density at radius 1 is 0.962 bits per heavy atom. The summed E-state index contributed by atoms with van der Waals surface area (Å²) in [6.45, 7) is -0.169. The summed E-state index contributed by atoms with van der Waals surface area (Å²) >= 11 is 0. The molecule has 0 aliphatic heterocycles. The monoisotopic (exact) mass is 379 g/mol. The number of hydrogen-bond donors (Lipinski definition) is 2. The topological polar surface area (TPSA) is 116 Å². The average molecular weight is 379 g/mol. The summed E-state index contributed by atoms with van der Waals surface area (Å²) in [6, 6.07) is 18.1. The molecule has 26 heavy (non-hydrogen) atoms. The normalized spacial score (nSPS) is 13.8. The highest BCUT2D eigenvalue weighted by atomic mass is 32.2. The Hall–Kier alpha value is -2.26. The Balaban J connectivity index is 1.99. The molecule has 0 saturated carbocycles. The van der Waals surface area contributed by atoms with Crippen molar-refractivity contribution >= 4 is 16.1 Å². The fraction of sp³-hybridized carbons (Fsp3) is 0.278. The highest BCUT2D eigenvalue weighted by Gasteiger charge is 2.35. The van der Waals surface area contributed by atoms with Crippen molar-refractivity contribution < 1.29 is 27.2 Å². The second kappa shape index (κ2) is 9.44. The summed E-state index contributed by atoms with van der Waals surface area (Å²) in [5, 5.41) is -1.83. The van der Waals surface area contributed by atoms with E-state index >= 15 is 0 Å². The van der Waals surface area contributed by atoms with Crippen LogP contribution in [0.5, 0.6) is 0 Å². The molecule has 0 fully saturated rings. The zero-order chi connectivity index (χ0) is 19.0. The van der Waals surface area contributed by atoms with E-state index in [9.17, 15) is 17.8 Å². The van der Waals surface area contributed by atoms with Crippen LogP contribution in [0.2, 0.25) is 0 Å². The van der Waals surface area contributed by atoms with Gasteiger partial charge in [0.1, 0.15) is 17.9 Å². The maximum Gasteiger partial charge on any atom is 0.314 e. The summed E-state index contributed by atoms with van der Waals surface area (Å²) < 4.78 is 42.4. The average Bonchev–Trinajstić information content (AvgIpc) is 2.64. The molecule has 0 bridgehead atoms. The predicted molar refractivity (Wildman–Crippen MR) is 95.4 cm³/mol. The van der Waals surface area contributed by atoms with Gasteiger partial charge < -0.3 is 15.2 Å². The van der Waals surface area contributed by atoms with E-state index in [1.54, 1.807) is 24.3 Å². The van der Waals surface area contributed by atoms with E-state index in [0.29, 0.717) is 0 Å². The van der Waals surface area contributed by atoms with Crippen LogP contribution in [0.1, 0.15) is 11.1 Å². The minimum Gasteiger partial charge on any atom is -0.460 e. The summed E-state index contributed by atoms with van der Waals surface area (Å²) in [6.07, 6.45) is 0. The van der Waals surface area contributed by atoms with Gasteiger partial charge in [0.05, 0.1) is 13.2 Å². The van der Waals surface area contributed by atoms with E-state index in [0.717, 1.165) is 11.1 Å². The van der Waals surface area contributed by atoms with Crippen LogP contribution in [-0.2, 0) is 37.6 Å². The van der Waals surface area contributed by atoms with E-state index < -0.39 is 27.4 Å². The van der Waals surface area contributed by atoms with Gasteiger partial charge in [0.2, 0.25) is 0 Å². The Bertz CT molecular complexity index is 795. The lowest BCUT2D eigenvalue weighted by molar-refractivity contribution is -0.152. The summed E-state index contributed by atoms with van der Waals surface area (Å²) in [5.41, 5.74) is 7.12. The summed E-state index contributed by atoms with van der Waals surface area (Å²) in [7, 11) is -4.63. The number of benzene rings is 2. The number of nitrogens with two attached hydrogens (primary N) is 1. The minimum absolute atomic E-state index is 0.0347. The Labute approximate surface area is 152 Å². The molecular formula is C18H21NO6S. The number of hydrogen-bond acceptors (Lipinski definition) is 6.